The molecular formula is C26H30N4O. The van der Waals surface area contributed by atoms with E-state index in [0.29, 0.717) is 17.5 Å². The van der Waals surface area contributed by atoms with Crippen molar-refractivity contribution < 1.29 is 4.42 Å². The number of aromatic nitrogens is 1. The topological polar surface area (TPSA) is 56.3 Å². The highest BCUT2D eigenvalue weighted by molar-refractivity contribution is 5.49. The maximum absolute atomic E-state index is 9.62. The van der Waals surface area contributed by atoms with Crippen LogP contribution in [0.25, 0.3) is 0 Å². The average Bonchev–Trinajstić information content (AvgIpc) is 3.26. The van der Waals surface area contributed by atoms with Gasteiger partial charge in [-0.2, -0.15) is 5.26 Å². The number of rotatable bonds is 7. The Morgan fingerprint density at radius 3 is 1.94 bits per heavy atom. The third-order valence-electron chi connectivity index (χ3n) is 6.26. The predicted octanol–water partition coefficient (Wildman–Crippen LogP) is 5.36. The molecule has 5 heteroatoms. The lowest BCUT2D eigenvalue weighted by Crippen LogP contribution is -2.48. The van der Waals surface area contributed by atoms with Gasteiger partial charge in [-0.05, 0) is 24.0 Å². The first-order valence-corrected chi connectivity index (χ1v) is 11.2. The van der Waals surface area contributed by atoms with Crippen LogP contribution in [0.3, 0.4) is 0 Å². The molecule has 1 aliphatic rings. The van der Waals surface area contributed by atoms with E-state index >= 15 is 0 Å². The smallest absolute Gasteiger partial charge is 0.234 e. The summed E-state index contributed by atoms with van der Waals surface area (Å²) in [6.07, 6.45) is 1.93. The lowest BCUT2D eigenvalue weighted by molar-refractivity contribution is 0.209. The fraction of sp³-hybridized carbons (Fsp3) is 0.385. The first kappa shape index (κ1) is 21.1. The largest absolute Gasteiger partial charge is 0.423 e. The minimum absolute atomic E-state index is 0.217. The Morgan fingerprint density at radius 2 is 1.45 bits per heavy atom. The molecule has 1 saturated heterocycles. The Bertz CT molecular complexity index is 957. The van der Waals surface area contributed by atoms with Crippen LogP contribution >= 0.6 is 0 Å². The van der Waals surface area contributed by atoms with Gasteiger partial charge in [-0.25, -0.2) is 4.98 Å². The summed E-state index contributed by atoms with van der Waals surface area (Å²) >= 11 is 0. The SMILES string of the molecule is CCC(CC)c1nc(C#N)c(N2CCN(C(c3ccccc3)c3ccccc3)CC2)o1. The average molecular weight is 415 g/mol. The molecule has 31 heavy (non-hydrogen) atoms. The summed E-state index contributed by atoms with van der Waals surface area (Å²) < 4.78 is 6.13. The van der Waals surface area contributed by atoms with E-state index in [9.17, 15) is 5.26 Å². The van der Waals surface area contributed by atoms with Crippen molar-refractivity contribution in [2.45, 2.75) is 38.6 Å². The van der Waals surface area contributed by atoms with Gasteiger partial charge in [0.1, 0.15) is 6.07 Å². The second kappa shape index (κ2) is 9.80. The van der Waals surface area contributed by atoms with Crippen molar-refractivity contribution in [2.75, 3.05) is 31.1 Å². The Balaban J connectivity index is 1.54. The number of nitrogens with zero attached hydrogens (tertiary/aromatic N) is 4. The highest BCUT2D eigenvalue weighted by Crippen LogP contribution is 2.33. The van der Waals surface area contributed by atoms with Crippen molar-refractivity contribution in [1.29, 1.82) is 5.26 Å². The van der Waals surface area contributed by atoms with Crippen molar-refractivity contribution in [3.8, 4) is 6.07 Å². The number of anilines is 1. The molecule has 0 atom stereocenters. The van der Waals surface area contributed by atoms with Gasteiger partial charge in [0, 0.05) is 32.1 Å². The van der Waals surface area contributed by atoms with Crippen molar-refractivity contribution >= 4 is 5.88 Å². The molecule has 5 nitrogen and oxygen atoms in total. The standard InChI is InChI=1S/C26H30N4O/c1-3-20(4-2)25-28-23(19-27)26(31-25)30-17-15-29(16-18-30)24(21-11-7-5-8-12-21)22-13-9-6-10-14-22/h5-14,20,24H,3-4,15-18H2,1-2H3. The highest BCUT2D eigenvalue weighted by atomic mass is 16.4. The summed E-state index contributed by atoms with van der Waals surface area (Å²) in [5.41, 5.74) is 3.02. The van der Waals surface area contributed by atoms with E-state index in [2.05, 4.69) is 95.4 Å². The number of oxazole rings is 1. The van der Waals surface area contributed by atoms with Gasteiger partial charge in [-0.15, -0.1) is 0 Å². The molecule has 1 fully saturated rings. The molecule has 0 bridgehead atoms. The first-order chi connectivity index (χ1) is 15.2. The van der Waals surface area contributed by atoms with E-state index in [-0.39, 0.29) is 12.0 Å². The fourth-order valence-electron chi connectivity index (χ4n) is 4.50. The molecule has 0 amide bonds. The highest BCUT2D eigenvalue weighted by Gasteiger charge is 2.30. The molecule has 2 aromatic carbocycles. The Hall–Kier alpha value is -3.10. The van der Waals surface area contributed by atoms with Gasteiger partial charge >= 0.3 is 0 Å². The second-order valence-electron chi connectivity index (χ2n) is 8.08. The zero-order valence-electron chi connectivity index (χ0n) is 18.4. The quantitative estimate of drug-likeness (QED) is 0.521. The van der Waals surface area contributed by atoms with Crippen molar-refractivity contribution in [3.63, 3.8) is 0 Å². The lowest BCUT2D eigenvalue weighted by Gasteiger charge is -2.39. The van der Waals surface area contributed by atoms with Gasteiger partial charge in [-0.1, -0.05) is 74.5 Å². The van der Waals surface area contributed by atoms with Crippen LogP contribution in [0.2, 0.25) is 0 Å². The normalized spacial score (nSPS) is 14.9. The van der Waals surface area contributed by atoms with E-state index in [1.807, 2.05) is 0 Å². The monoisotopic (exact) mass is 414 g/mol. The summed E-state index contributed by atoms with van der Waals surface area (Å²) in [7, 11) is 0. The third kappa shape index (κ3) is 4.50. The zero-order chi connectivity index (χ0) is 21.6. The zero-order valence-corrected chi connectivity index (χ0v) is 18.4. The van der Waals surface area contributed by atoms with Crippen molar-refractivity contribution in [1.82, 2.24) is 9.88 Å². The van der Waals surface area contributed by atoms with E-state index in [1.54, 1.807) is 0 Å². The van der Waals surface area contributed by atoms with Crippen LogP contribution in [0.1, 0.15) is 61.4 Å². The Morgan fingerprint density at radius 1 is 0.903 bits per heavy atom. The minimum atomic E-state index is 0.217. The molecule has 0 unspecified atom stereocenters. The number of hydrogen-bond acceptors (Lipinski definition) is 5. The van der Waals surface area contributed by atoms with Crippen LogP contribution in [-0.4, -0.2) is 36.1 Å². The fourth-order valence-corrected chi connectivity index (χ4v) is 4.50. The van der Waals surface area contributed by atoms with E-state index in [0.717, 1.165) is 39.0 Å². The van der Waals surface area contributed by atoms with Gasteiger partial charge in [-0.3, -0.25) is 4.90 Å². The first-order valence-electron chi connectivity index (χ1n) is 11.2. The molecule has 0 radical (unpaired) electrons. The van der Waals surface area contributed by atoms with Crippen LogP contribution in [0.5, 0.6) is 0 Å². The number of benzene rings is 2. The van der Waals surface area contributed by atoms with Gasteiger partial charge in [0.05, 0.1) is 6.04 Å². The molecule has 1 aliphatic heterocycles. The molecule has 0 saturated carbocycles. The molecule has 0 spiro atoms. The summed E-state index contributed by atoms with van der Waals surface area (Å²) in [4.78, 5) is 9.21. The maximum atomic E-state index is 9.62. The number of hydrogen-bond donors (Lipinski definition) is 0. The van der Waals surface area contributed by atoms with Crippen LogP contribution in [0.15, 0.2) is 65.1 Å². The predicted molar refractivity (Wildman–Crippen MR) is 123 cm³/mol. The lowest BCUT2D eigenvalue weighted by atomic mass is 9.96. The van der Waals surface area contributed by atoms with E-state index in [1.165, 1.54) is 11.1 Å². The summed E-state index contributed by atoms with van der Waals surface area (Å²) in [6, 6.07) is 23.8. The summed E-state index contributed by atoms with van der Waals surface area (Å²) in [5, 5.41) is 9.62. The molecule has 3 aromatic rings. The number of piperazine rings is 1. The van der Waals surface area contributed by atoms with E-state index in [4.69, 9.17) is 4.42 Å². The molecule has 160 valence electrons. The Kier molecular flexibility index (Phi) is 6.69. The van der Waals surface area contributed by atoms with Crippen LogP contribution in [-0.2, 0) is 0 Å². The van der Waals surface area contributed by atoms with Crippen LogP contribution < -0.4 is 4.90 Å². The van der Waals surface area contributed by atoms with Gasteiger partial charge in [0.15, 0.2) is 0 Å². The number of nitriles is 1. The molecule has 1 aromatic heterocycles. The van der Waals surface area contributed by atoms with Gasteiger partial charge < -0.3 is 9.32 Å². The summed E-state index contributed by atoms with van der Waals surface area (Å²) in [5.74, 6) is 1.60. The molecule has 0 aliphatic carbocycles. The summed E-state index contributed by atoms with van der Waals surface area (Å²) in [6.45, 7) is 7.66. The van der Waals surface area contributed by atoms with Gasteiger partial charge in [0.2, 0.25) is 17.5 Å². The molecule has 4 rings (SSSR count). The van der Waals surface area contributed by atoms with E-state index < -0.39 is 0 Å². The van der Waals surface area contributed by atoms with Crippen molar-refractivity contribution in [2.24, 2.45) is 0 Å². The minimum Gasteiger partial charge on any atom is -0.423 e. The van der Waals surface area contributed by atoms with Gasteiger partial charge in [0.25, 0.3) is 0 Å². The Labute approximate surface area is 184 Å². The third-order valence-corrected chi connectivity index (χ3v) is 6.26. The maximum Gasteiger partial charge on any atom is 0.234 e. The molecule has 0 N–H and O–H groups in total. The van der Waals surface area contributed by atoms with Crippen LogP contribution in [0, 0.1) is 11.3 Å². The molecular weight excluding hydrogens is 384 g/mol. The van der Waals surface area contributed by atoms with Crippen molar-refractivity contribution in [3.05, 3.63) is 83.4 Å². The van der Waals surface area contributed by atoms with Crippen LogP contribution in [0.4, 0.5) is 5.88 Å². The second-order valence-corrected chi connectivity index (χ2v) is 8.08. The molecule has 2 heterocycles.